The van der Waals surface area contributed by atoms with Crippen LogP contribution in [0.25, 0.3) is 22.4 Å². The van der Waals surface area contributed by atoms with E-state index in [-0.39, 0.29) is 30.2 Å². The molecule has 5 rings (SSSR count). The van der Waals surface area contributed by atoms with Crippen molar-refractivity contribution >= 4 is 22.6 Å². The molecule has 2 aromatic carbocycles. The molecule has 2 aromatic heterocycles. The number of amides is 1. The van der Waals surface area contributed by atoms with Crippen molar-refractivity contribution in [2.45, 2.75) is 52.7 Å². The molecule has 1 amide bonds. The fraction of sp³-hybridized carbons (Fsp3) is 0.333. The van der Waals surface area contributed by atoms with Crippen molar-refractivity contribution in [2.75, 3.05) is 4.90 Å². The van der Waals surface area contributed by atoms with Gasteiger partial charge in [0.05, 0.1) is 11.0 Å². The molecule has 0 spiro atoms. The van der Waals surface area contributed by atoms with E-state index in [1.807, 2.05) is 62.1 Å². The van der Waals surface area contributed by atoms with Gasteiger partial charge in [0.25, 0.3) is 0 Å². The van der Waals surface area contributed by atoms with Crippen molar-refractivity contribution in [3.8, 4) is 11.4 Å². The lowest BCUT2D eigenvalue weighted by molar-refractivity contribution is -0.119. The predicted octanol–water partition coefficient (Wildman–Crippen LogP) is 3.72. The Morgan fingerprint density at radius 3 is 2.69 bits per heavy atom. The van der Waals surface area contributed by atoms with E-state index in [9.17, 15) is 9.59 Å². The average Bonchev–Trinajstić information content (AvgIpc) is 3.41. The molecule has 0 saturated heterocycles. The monoisotopic (exact) mass is 431 g/mol. The van der Waals surface area contributed by atoms with Crippen LogP contribution in [0.5, 0.6) is 0 Å². The minimum atomic E-state index is -0.204. The fourth-order valence-electron chi connectivity index (χ4n) is 4.64. The molecule has 0 N–H and O–H groups in total. The second kappa shape index (κ2) is 7.47. The van der Waals surface area contributed by atoms with Gasteiger partial charge in [-0.2, -0.15) is 4.98 Å². The Morgan fingerprint density at radius 2 is 1.97 bits per heavy atom. The van der Waals surface area contributed by atoms with E-state index >= 15 is 0 Å². The Kier molecular flexibility index (Phi) is 4.73. The highest BCUT2D eigenvalue weighted by molar-refractivity contribution is 5.97. The van der Waals surface area contributed by atoms with Gasteiger partial charge < -0.3 is 9.42 Å². The zero-order valence-electron chi connectivity index (χ0n) is 18.6. The summed E-state index contributed by atoms with van der Waals surface area (Å²) in [5, 5.41) is 3.99. The van der Waals surface area contributed by atoms with E-state index in [4.69, 9.17) is 4.52 Å². The number of benzene rings is 2. The van der Waals surface area contributed by atoms with Crippen molar-refractivity contribution in [2.24, 2.45) is 0 Å². The lowest BCUT2D eigenvalue weighted by Gasteiger charge is -2.23. The number of rotatable bonds is 4. The van der Waals surface area contributed by atoms with Crippen molar-refractivity contribution in [3.63, 3.8) is 0 Å². The van der Waals surface area contributed by atoms with E-state index in [0.717, 1.165) is 28.8 Å². The third-order valence-electron chi connectivity index (χ3n) is 6.03. The van der Waals surface area contributed by atoms with Crippen LogP contribution in [0, 0.1) is 6.92 Å². The highest BCUT2D eigenvalue weighted by Gasteiger charge is 2.31. The smallest absolute Gasteiger partial charge is 0.329 e. The van der Waals surface area contributed by atoms with Gasteiger partial charge in [0, 0.05) is 30.3 Å². The summed E-state index contributed by atoms with van der Waals surface area (Å²) < 4.78 is 8.38. The first-order chi connectivity index (χ1) is 15.3. The Bertz CT molecular complexity index is 1390. The maximum absolute atomic E-state index is 13.4. The lowest BCUT2D eigenvalue weighted by atomic mass is 10.1. The van der Waals surface area contributed by atoms with E-state index in [2.05, 4.69) is 16.2 Å². The molecule has 1 aliphatic rings. The molecule has 0 unspecified atom stereocenters. The molecule has 0 radical (unpaired) electrons. The van der Waals surface area contributed by atoms with Gasteiger partial charge in [0.15, 0.2) is 0 Å². The molecule has 8 heteroatoms. The van der Waals surface area contributed by atoms with E-state index in [0.29, 0.717) is 17.2 Å². The molecule has 1 atom stereocenters. The largest absolute Gasteiger partial charge is 0.339 e. The summed E-state index contributed by atoms with van der Waals surface area (Å²) in [7, 11) is 0. The lowest BCUT2D eigenvalue weighted by Crippen LogP contribution is -2.40. The topological polar surface area (TPSA) is 86.2 Å². The van der Waals surface area contributed by atoms with Gasteiger partial charge in [-0.05, 0) is 57.0 Å². The minimum absolute atomic E-state index is 0.0392. The first-order valence-corrected chi connectivity index (χ1v) is 10.8. The zero-order valence-corrected chi connectivity index (χ0v) is 18.6. The van der Waals surface area contributed by atoms with Crippen LogP contribution in [0.3, 0.4) is 0 Å². The predicted molar refractivity (Wildman–Crippen MR) is 122 cm³/mol. The summed E-state index contributed by atoms with van der Waals surface area (Å²) in [6.45, 7) is 7.65. The molecular formula is C24H25N5O3. The fourth-order valence-corrected chi connectivity index (χ4v) is 4.64. The average molecular weight is 431 g/mol. The zero-order chi connectivity index (χ0) is 22.6. The number of hydrogen-bond donors (Lipinski definition) is 0. The van der Waals surface area contributed by atoms with Crippen LogP contribution >= 0.6 is 0 Å². The van der Waals surface area contributed by atoms with Gasteiger partial charge in [-0.15, -0.1) is 0 Å². The Morgan fingerprint density at radius 1 is 1.19 bits per heavy atom. The van der Waals surface area contributed by atoms with Crippen LogP contribution in [-0.2, 0) is 17.8 Å². The molecule has 0 aliphatic carbocycles. The highest BCUT2D eigenvalue weighted by atomic mass is 16.5. The van der Waals surface area contributed by atoms with E-state index in [1.165, 1.54) is 0 Å². The van der Waals surface area contributed by atoms with Crippen LogP contribution in [-0.4, -0.2) is 31.2 Å². The number of carbonyl (C=O) groups is 1. The maximum Gasteiger partial charge on any atom is 0.329 e. The molecule has 0 saturated carbocycles. The molecule has 4 aromatic rings. The van der Waals surface area contributed by atoms with Gasteiger partial charge in [0.1, 0.15) is 6.54 Å². The number of hydrogen-bond acceptors (Lipinski definition) is 5. The van der Waals surface area contributed by atoms with Crippen molar-refractivity contribution in [1.29, 1.82) is 0 Å². The van der Waals surface area contributed by atoms with Gasteiger partial charge >= 0.3 is 5.69 Å². The summed E-state index contributed by atoms with van der Waals surface area (Å²) in [6, 6.07) is 13.5. The molecular weight excluding hydrogens is 406 g/mol. The van der Waals surface area contributed by atoms with Crippen LogP contribution in [0.4, 0.5) is 5.69 Å². The summed E-state index contributed by atoms with van der Waals surface area (Å²) in [5.41, 5.74) is 4.06. The number of imidazole rings is 1. The number of nitrogens with zero attached hydrogens (tertiary/aromatic N) is 5. The van der Waals surface area contributed by atoms with Crippen molar-refractivity contribution < 1.29 is 9.32 Å². The number of aromatic nitrogens is 4. The Labute approximate surface area is 185 Å². The highest BCUT2D eigenvalue weighted by Crippen LogP contribution is 2.32. The quantitative estimate of drug-likeness (QED) is 0.492. The minimum Gasteiger partial charge on any atom is -0.339 e. The molecule has 164 valence electrons. The van der Waals surface area contributed by atoms with Gasteiger partial charge in [0.2, 0.25) is 17.6 Å². The summed E-state index contributed by atoms with van der Waals surface area (Å²) in [4.78, 5) is 32.9. The van der Waals surface area contributed by atoms with Crippen molar-refractivity contribution in [1.82, 2.24) is 19.3 Å². The molecule has 8 nitrogen and oxygen atoms in total. The number of aryl methyl sites for hydroxylation is 1. The standard InChI is InChI=1S/C24H25N5O3/c1-14(2)28-20-10-9-18(23-25-16(4)32-26-23)12-21(20)27(24(28)31)13-22(30)29-15(3)11-17-7-5-6-8-19(17)29/h5-10,12,14-15H,11,13H2,1-4H3/t15-/m0/s1. The first kappa shape index (κ1) is 20.2. The third kappa shape index (κ3) is 3.14. The van der Waals surface area contributed by atoms with Crippen LogP contribution in [0.1, 0.15) is 38.3 Å². The number of fused-ring (bicyclic) bond motifs is 2. The van der Waals surface area contributed by atoms with Crippen molar-refractivity contribution in [3.05, 3.63) is 64.4 Å². The van der Waals surface area contributed by atoms with Crippen LogP contribution < -0.4 is 10.6 Å². The van der Waals surface area contributed by atoms with Gasteiger partial charge in [-0.25, -0.2) is 4.79 Å². The van der Waals surface area contributed by atoms with E-state index in [1.54, 1.807) is 16.1 Å². The third-order valence-corrected chi connectivity index (χ3v) is 6.03. The summed E-state index contributed by atoms with van der Waals surface area (Å²) in [5.74, 6) is 0.816. The number of carbonyl (C=O) groups excluding carboxylic acids is 1. The maximum atomic E-state index is 13.4. The molecule has 0 bridgehead atoms. The van der Waals surface area contributed by atoms with E-state index < -0.39 is 0 Å². The summed E-state index contributed by atoms with van der Waals surface area (Å²) >= 11 is 0. The second-order valence-electron chi connectivity index (χ2n) is 8.62. The normalized spacial score (nSPS) is 15.7. The SMILES string of the molecule is Cc1nc(-c2ccc3c(c2)n(CC(=O)N2c4ccccc4C[C@@H]2C)c(=O)n3C(C)C)no1. The molecule has 32 heavy (non-hydrogen) atoms. The number of para-hydroxylation sites is 1. The molecule has 3 heterocycles. The second-order valence-corrected chi connectivity index (χ2v) is 8.62. The van der Waals surface area contributed by atoms with Gasteiger partial charge in [-0.1, -0.05) is 23.4 Å². The Hall–Kier alpha value is -3.68. The number of anilines is 1. The first-order valence-electron chi connectivity index (χ1n) is 10.8. The molecule has 0 fully saturated rings. The molecule has 1 aliphatic heterocycles. The Balaban J connectivity index is 1.60. The summed E-state index contributed by atoms with van der Waals surface area (Å²) in [6.07, 6.45) is 0.811. The van der Waals surface area contributed by atoms with Gasteiger partial charge in [-0.3, -0.25) is 13.9 Å². The van der Waals surface area contributed by atoms with Crippen LogP contribution in [0.2, 0.25) is 0 Å². The van der Waals surface area contributed by atoms with Crippen LogP contribution in [0.15, 0.2) is 51.8 Å².